The molecular formula is C20H22FN3O. The summed E-state index contributed by atoms with van der Waals surface area (Å²) in [4.78, 5) is 21.8. The van der Waals surface area contributed by atoms with Crippen molar-refractivity contribution in [2.24, 2.45) is 0 Å². The third-order valence-electron chi connectivity index (χ3n) is 4.68. The Morgan fingerprint density at radius 2 is 1.96 bits per heavy atom. The van der Waals surface area contributed by atoms with Crippen LogP contribution in [0.3, 0.4) is 0 Å². The Kier molecular flexibility index (Phi) is 4.57. The summed E-state index contributed by atoms with van der Waals surface area (Å²) in [5, 5.41) is 0.877. The number of nitrogens with one attached hydrogen (secondary N) is 1. The molecule has 2 aromatic heterocycles. The zero-order valence-electron chi connectivity index (χ0n) is 14.7. The number of hydrogen-bond acceptors (Lipinski definition) is 2. The molecule has 2 heterocycles. The topological polar surface area (TPSA) is 49.0 Å². The first kappa shape index (κ1) is 17.1. The van der Waals surface area contributed by atoms with Crippen LogP contribution in [0, 0.1) is 5.82 Å². The summed E-state index contributed by atoms with van der Waals surface area (Å²) in [5.41, 5.74) is 2.02. The van der Waals surface area contributed by atoms with Crippen LogP contribution in [0.2, 0.25) is 0 Å². The number of amides is 1. The zero-order chi connectivity index (χ0) is 18.0. The van der Waals surface area contributed by atoms with Crippen molar-refractivity contribution in [2.45, 2.75) is 25.7 Å². The standard InChI is InChI=1S/C20H22FN3O/c1-20(2,17-13-23-18-12-15(21)4-5-16(17)18)19(25)24(3)11-8-14-6-9-22-10-7-14/h4-7,9-10,12-13,23H,8,11H2,1-3H3. The van der Waals surface area contributed by atoms with Gasteiger partial charge in [0.05, 0.1) is 5.41 Å². The molecule has 1 N–H and O–H groups in total. The molecule has 4 nitrogen and oxygen atoms in total. The average Bonchev–Trinajstić information content (AvgIpc) is 3.03. The van der Waals surface area contributed by atoms with Gasteiger partial charge in [0, 0.05) is 43.1 Å². The van der Waals surface area contributed by atoms with Gasteiger partial charge in [0.15, 0.2) is 0 Å². The van der Waals surface area contributed by atoms with E-state index in [1.54, 1.807) is 29.6 Å². The summed E-state index contributed by atoms with van der Waals surface area (Å²) < 4.78 is 13.4. The fraction of sp³-hybridized carbons (Fsp3) is 0.300. The number of hydrogen-bond donors (Lipinski definition) is 1. The van der Waals surface area contributed by atoms with Crippen LogP contribution in [0.25, 0.3) is 10.9 Å². The molecule has 0 fully saturated rings. The van der Waals surface area contributed by atoms with Crippen molar-refractivity contribution in [2.75, 3.05) is 13.6 Å². The summed E-state index contributed by atoms with van der Waals surface area (Å²) in [6, 6.07) is 8.51. The van der Waals surface area contributed by atoms with Gasteiger partial charge in [0.1, 0.15) is 5.82 Å². The van der Waals surface area contributed by atoms with Crippen molar-refractivity contribution in [3.8, 4) is 0 Å². The number of pyridine rings is 1. The van der Waals surface area contributed by atoms with Crippen LogP contribution < -0.4 is 0 Å². The van der Waals surface area contributed by atoms with E-state index in [-0.39, 0.29) is 11.7 Å². The molecule has 0 aliphatic rings. The van der Waals surface area contributed by atoms with E-state index in [9.17, 15) is 9.18 Å². The Balaban J connectivity index is 1.79. The van der Waals surface area contributed by atoms with Gasteiger partial charge in [0.25, 0.3) is 0 Å². The normalized spacial score (nSPS) is 11.7. The molecule has 25 heavy (non-hydrogen) atoms. The van der Waals surface area contributed by atoms with Crippen LogP contribution in [-0.4, -0.2) is 34.4 Å². The van der Waals surface area contributed by atoms with Gasteiger partial charge >= 0.3 is 0 Å². The van der Waals surface area contributed by atoms with Crippen LogP contribution in [0.5, 0.6) is 0 Å². The molecule has 0 saturated carbocycles. The third kappa shape index (κ3) is 3.40. The van der Waals surface area contributed by atoms with E-state index in [2.05, 4.69) is 9.97 Å². The second-order valence-electron chi connectivity index (χ2n) is 6.85. The van der Waals surface area contributed by atoms with Crippen molar-refractivity contribution in [1.82, 2.24) is 14.9 Å². The van der Waals surface area contributed by atoms with Crippen molar-refractivity contribution in [3.05, 3.63) is 65.9 Å². The maximum atomic E-state index is 13.4. The lowest BCUT2D eigenvalue weighted by Crippen LogP contribution is -2.42. The Morgan fingerprint density at radius 3 is 2.68 bits per heavy atom. The van der Waals surface area contributed by atoms with Gasteiger partial charge in [-0.05, 0) is 61.7 Å². The minimum absolute atomic E-state index is 0.0341. The number of aromatic amines is 1. The van der Waals surface area contributed by atoms with Gasteiger partial charge in [-0.2, -0.15) is 0 Å². The number of likely N-dealkylation sites (N-methyl/N-ethyl adjacent to an activating group) is 1. The number of nitrogens with zero attached hydrogens (tertiary/aromatic N) is 2. The van der Waals surface area contributed by atoms with Crippen LogP contribution in [0.1, 0.15) is 25.0 Å². The van der Waals surface area contributed by atoms with Crippen LogP contribution in [0.4, 0.5) is 4.39 Å². The molecule has 1 aromatic carbocycles. The van der Waals surface area contributed by atoms with Gasteiger partial charge in [-0.25, -0.2) is 4.39 Å². The number of halogens is 1. The van der Waals surface area contributed by atoms with Gasteiger partial charge < -0.3 is 9.88 Å². The monoisotopic (exact) mass is 339 g/mol. The second kappa shape index (κ2) is 6.67. The Hall–Kier alpha value is -2.69. The summed E-state index contributed by atoms with van der Waals surface area (Å²) in [5.74, 6) is -0.258. The number of aromatic nitrogens is 2. The van der Waals surface area contributed by atoms with E-state index < -0.39 is 5.41 Å². The van der Waals surface area contributed by atoms with Crippen molar-refractivity contribution >= 4 is 16.8 Å². The van der Waals surface area contributed by atoms with Gasteiger partial charge in [-0.1, -0.05) is 0 Å². The lowest BCUT2D eigenvalue weighted by molar-refractivity contribution is -0.134. The maximum absolute atomic E-state index is 13.4. The minimum Gasteiger partial charge on any atom is -0.361 e. The summed E-state index contributed by atoms with van der Waals surface area (Å²) in [6.45, 7) is 4.44. The molecule has 0 bridgehead atoms. The molecule has 0 unspecified atom stereocenters. The van der Waals surface area contributed by atoms with Gasteiger partial charge in [-0.15, -0.1) is 0 Å². The maximum Gasteiger partial charge on any atom is 0.232 e. The number of fused-ring (bicyclic) bond motifs is 1. The Bertz CT molecular complexity index is 886. The van der Waals surface area contributed by atoms with Crippen molar-refractivity contribution in [1.29, 1.82) is 0 Å². The predicted octanol–water partition coefficient (Wildman–Crippen LogP) is 3.68. The first-order valence-electron chi connectivity index (χ1n) is 8.31. The highest BCUT2D eigenvalue weighted by Crippen LogP contribution is 2.32. The number of rotatable bonds is 5. The predicted molar refractivity (Wildman–Crippen MR) is 96.9 cm³/mol. The molecule has 1 amide bonds. The van der Waals surface area contributed by atoms with Crippen molar-refractivity contribution < 1.29 is 9.18 Å². The molecule has 0 aliphatic carbocycles. The fourth-order valence-corrected chi connectivity index (χ4v) is 3.16. The van der Waals surface area contributed by atoms with E-state index in [0.29, 0.717) is 12.1 Å². The average molecular weight is 339 g/mol. The summed E-state index contributed by atoms with van der Waals surface area (Å²) >= 11 is 0. The number of H-pyrrole nitrogens is 1. The quantitative estimate of drug-likeness (QED) is 0.771. The molecule has 0 saturated heterocycles. The molecule has 3 aromatic rings. The highest BCUT2D eigenvalue weighted by molar-refractivity contribution is 5.94. The number of carbonyl (C=O) groups is 1. The molecule has 0 radical (unpaired) electrons. The highest BCUT2D eigenvalue weighted by atomic mass is 19.1. The lowest BCUT2D eigenvalue weighted by Gasteiger charge is -2.29. The summed E-state index contributed by atoms with van der Waals surface area (Å²) in [6.07, 6.45) is 6.09. The SMILES string of the molecule is CN(CCc1ccncc1)C(=O)C(C)(C)c1c[nH]c2cc(F)ccc12. The molecule has 0 spiro atoms. The van der Waals surface area contributed by atoms with E-state index in [1.807, 2.05) is 33.0 Å². The summed E-state index contributed by atoms with van der Waals surface area (Å²) in [7, 11) is 1.82. The highest BCUT2D eigenvalue weighted by Gasteiger charge is 2.34. The first-order valence-corrected chi connectivity index (χ1v) is 8.31. The molecule has 3 rings (SSSR count). The van der Waals surface area contributed by atoms with E-state index in [4.69, 9.17) is 0 Å². The molecular weight excluding hydrogens is 317 g/mol. The van der Waals surface area contributed by atoms with Gasteiger partial charge in [0.2, 0.25) is 5.91 Å². The fourth-order valence-electron chi connectivity index (χ4n) is 3.16. The Morgan fingerprint density at radius 1 is 1.24 bits per heavy atom. The van der Waals surface area contributed by atoms with Crippen molar-refractivity contribution in [3.63, 3.8) is 0 Å². The zero-order valence-corrected chi connectivity index (χ0v) is 14.7. The smallest absolute Gasteiger partial charge is 0.232 e. The number of carbonyl (C=O) groups excluding carboxylic acids is 1. The van der Waals surface area contributed by atoms with E-state index >= 15 is 0 Å². The second-order valence-corrected chi connectivity index (χ2v) is 6.85. The van der Waals surface area contributed by atoms with Crippen LogP contribution >= 0.6 is 0 Å². The molecule has 0 atom stereocenters. The number of benzene rings is 1. The largest absolute Gasteiger partial charge is 0.361 e. The van der Waals surface area contributed by atoms with Gasteiger partial charge in [-0.3, -0.25) is 9.78 Å². The third-order valence-corrected chi connectivity index (χ3v) is 4.68. The molecule has 5 heteroatoms. The van der Waals surface area contributed by atoms with Crippen LogP contribution in [0.15, 0.2) is 48.9 Å². The van der Waals surface area contributed by atoms with E-state index in [1.165, 1.54) is 12.1 Å². The van der Waals surface area contributed by atoms with Crippen LogP contribution in [-0.2, 0) is 16.6 Å². The molecule has 130 valence electrons. The first-order chi connectivity index (χ1) is 11.9. The Labute approximate surface area is 146 Å². The lowest BCUT2D eigenvalue weighted by atomic mass is 9.83. The van der Waals surface area contributed by atoms with E-state index in [0.717, 1.165) is 22.9 Å². The molecule has 0 aliphatic heterocycles. The minimum atomic E-state index is -0.705.